The van der Waals surface area contributed by atoms with Gasteiger partial charge in [-0.2, -0.15) is 5.26 Å². The Balaban J connectivity index is 1.80. The molecule has 4 aliphatic rings. The molecule has 0 aromatic rings. The van der Waals surface area contributed by atoms with Gasteiger partial charge in [0.05, 0.1) is 30.1 Å². The molecule has 38 heavy (non-hydrogen) atoms. The molecule has 0 N–H and O–H groups in total. The van der Waals surface area contributed by atoms with E-state index in [1.54, 1.807) is 0 Å². The lowest BCUT2D eigenvalue weighted by Crippen LogP contribution is -2.54. The number of cyclic esters (lactones) is 1. The Hall–Kier alpha value is -1.79. The molecule has 11 atom stereocenters. The molecule has 210 valence electrons. The maximum Gasteiger partial charge on any atom is 0.335 e. The minimum absolute atomic E-state index is 0.00442. The first-order valence-electron chi connectivity index (χ1n) is 14.0. The summed E-state index contributed by atoms with van der Waals surface area (Å²) in [5, 5.41) is 9.96. The van der Waals surface area contributed by atoms with Crippen LogP contribution in [0.2, 0.25) is 18.1 Å². The highest BCUT2D eigenvalue weighted by Crippen LogP contribution is 2.60. The quantitative estimate of drug-likeness (QED) is 0.272. The Morgan fingerprint density at radius 3 is 2.45 bits per heavy atom. The standard InChI is InChI=1S/C30H45NO6Si/c1-16-13-17(2)30-20(11-12-21-24(30)25(32)18(3)22(15-31)27(21)36-30)14-23(34-8)28(33)35-26(16)19(4)37-38(9,10)29(5,6)7/h11-13,16,18-24,26-27H,14H2,1-10H3/b17-13+/t16-,18?,19-,20-,21-,22-,23+,24+,26+,27-,30+/m1/s1. The van der Waals surface area contributed by atoms with Gasteiger partial charge >= 0.3 is 5.97 Å². The summed E-state index contributed by atoms with van der Waals surface area (Å²) in [6.45, 7) is 18.8. The summed E-state index contributed by atoms with van der Waals surface area (Å²) in [6.07, 6.45) is 4.50. The van der Waals surface area contributed by atoms with Crippen molar-refractivity contribution in [2.75, 3.05) is 7.11 Å². The Kier molecular flexibility index (Phi) is 7.68. The van der Waals surface area contributed by atoms with Crippen LogP contribution in [0.5, 0.6) is 0 Å². The van der Waals surface area contributed by atoms with Gasteiger partial charge in [0, 0.05) is 30.8 Å². The highest BCUT2D eigenvalue weighted by Gasteiger charge is 2.68. The molecule has 8 heteroatoms. The van der Waals surface area contributed by atoms with Crippen molar-refractivity contribution >= 4 is 20.1 Å². The second kappa shape index (κ2) is 9.99. The van der Waals surface area contributed by atoms with Crippen molar-refractivity contribution in [2.24, 2.45) is 35.5 Å². The normalized spacial score (nSPS) is 43.4. The zero-order valence-corrected chi connectivity index (χ0v) is 25.6. The number of carbonyl (C=O) groups is 2. The van der Waals surface area contributed by atoms with Crippen molar-refractivity contribution in [3.8, 4) is 6.07 Å². The topological polar surface area (TPSA) is 94.8 Å². The molecule has 4 bridgehead atoms. The van der Waals surface area contributed by atoms with E-state index in [0.717, 1.165) is 5.57 Å². The molecule has 4 rings (SSSR count). The number of nitrogens with zero attached hydrogens (tertiary/aromatic N) is 1. The molecule has 0 aromatic carbocycles. The van der Waals surface area contributed by atoms with Gasteiger partial charge in [-0.05, 0) is 44.0 Å². The largest absolute Gasteiger partial charge is 0.457 e. The van der Waals surface area contributed by atoms with Crippen LogP contribution in [0.15, 0.2) is 23.8 Å². The molecule has 0 aromatic heterocycles. The van der Waals surface area contributed by atoms with Gasteiger partial charge in [0.1, 0.15) is 17.5 Å². The van der Waals surface area contributed by atoms with Crippen LogP contribution in [0.25, 0.3) is 0 Å². The molecule has 2 fully saturated rings. The molecule has 2 aliphatic heterocycles. The van der Waals surface area contributed by atoms with Gasteiger partial charge < -0.3 is 18.6 Å². The maximum atomic E-state index is 13.8. The monoisotopic (exact) mass is 543 g/mol. The summed E-state index contributed by atoms with van der Waals surface area (Å²) in [4.78, 5) is 27.3. The summed E-state index contributed by atoms with van der Waals surface area (Å²) in [5.74, 6) is -2.25. The molecule has 1 saturated heterocycles. The van der Waals surface area contributed by atoms with E-state index in [1.807, 2.05) is 33.8 Å². The van der Waals surface area contributed by atoms with Crippen molar-refractivity contribution in [1.82, 2.24) is 0 Å². The van der Waals surface area contributed by atoms with Crippen LogP contribution in [0.4, 0.5) is 0 Å². The number of rotatable bonds is 4. The second-order valence-electron chi connectivity index (χ2n) is 13.4. The third-order valence-electron chi connectivity index (χ3n) is 10.1. The van der Waals surface area contributed by atoms with E-state index < -0.39 is 49.8 Å². The Labute approximate surface area is 229 Å². The number of ether oxygens (including phenoxy) is 3. The number of hydrogen-bond donors (Lipinski definition) is 0. The summed E-state index contributed by atoms with van der Waals surface area (Å²) in [7, 11) is -0.622. The van der Waals surface area contributed by atoms with Crippen LogP contribution in [-0.2, 0) is 28.2 Å². The predicted molar refractivity (Wildman–Crippen MR) is 146 cm³/mol. The molecule has 2 heterocycles. The minimum atomic E-state index is -2.14. The lowest BCUT2D eigenvalue weighted by atomic mass is 9.57. The fourth-order valence-corrected chi connectivity index (χ4v) is 8.43. The van der Waals surface area contributed by atoms with Gasteiger partial charge in [0.25, 0.3) is 0 Å². The maximum absolute atomic E-state index is 13.8. The van der Waals surface area contributed by atoms with E-state index in [9.17, 15) is 14.9 Å². The highest BCUT2D eigenvalue weighted by atomic mass is 28.4. The fraction of sp³-hybridized carbons (Fsp3) is 0.767. The molecule has 0 radical (unpaired) electrons. The average Bonchev–Trinajstić information content (AvgIpc) is 3.01. The number of methoxy groups -OCH3 is 1. The third-order valence-corrected chi connectivity index (χ3v) is 14.7. The van der Waals surface area contributed by atoms with Crippen molar-refractivity contribution in [2.45, 2.75) is 103 Å². The molecular weight excluding hydrogens is 498 g/mol. The smallest absolute Gasteiger partial charge is 0.335 e. The SMILES string of the molecule is CO[C@H]1C[C@H]2C=C[C@H]3[C@H]4O[C@]2(/C(C)=C/[C@@H](C)[C@@H]([C@@H](C)O[Si](C)(C)C(C)(C)C)OC1=O)[C@@H]3C(=O)C(C)[C@H]4C#N. The summed E-state index contributed by atoms with van der Waals surface area (Å²) >= 11 is 0. The van der Waals surface area contributed by atoms with E-state index in [4.69, 9.17) is 18.6 Å². The van der Waals surface area contributed by atoms with Gasteiger partial charge in [-0.1, -0.05) is 52.8 Å². The van der Waals surface area contributed by atoms with Crippen molar-refractivity contribution in [3.63, 3.8) is 0 Å². The van der Waals surface area contributed by atoms with Crippen LogP contribution in [0.3, 0.4) is 0 Å². The first kappa shape index (κ1) is 29.2. The average molecular weight is 544 g/mol. The number of hydrogen-bond acceptors (Lipinski definition) is 7. The predicted octanol–water partition coefficient (Wildman–Crippen LogP) is 5.22. The van der Waals surface area contributed by atoms with Crippen molar-refractivity contribution < 1.29 is 28.2 Å². The van der Waals surface area contributed by atoms with Gasteiger partial charge in [-0.3, -0.25) is 4.79 Å². The molecule has 0 amide bonds. The minimum Gasteiger partial charge on any atom is -0.457 e. The van der Waals surface area contributed by atoms with Gasteiger partial charge in [-0.25, -0.2) is 4.79 Å². The first-order chi connectivity index (χ1) is 17.6. The zero-order valence-electron chi connectivity index (χ0n) is 24.6. The first-order valence-corrected chi connectivity index (χ1v) is 16.9. The number of ketones is 1. The molecular formula is C30H45NO6Si. The van der Waals surface area contributed by atoms with Gasteiger partial charge in [-0.15, -0.1) is 0 Å². The van der Waals surface area contributed by atoms with Crippen LogP contribution in [0.1, 0.15) is 54.9 Å². The summed E-state index contributed by atoms with van der Waals surface area (Å²) in [6, 6.07) is 2.36. The van der Waals surface area contributed by atoms with Crippen molar-refractivity contribution in [3.05, 3.63) is 23.8 Å². The second-order valence-corrected chi connectivity index (χ2v) is 18.2. The third kappa shape index (κ3) is 4.44. The van der Waals surface area contributed by atoms with E-state index in [-0.39, 0.29) is 40.8 Å². The molecule has 1 spiro atoms. The van der Waals surface area contributed by atoms with E-state index in [0.29, 0.717) is 6.42 Å². The molecule has 7 nitrogen and oxygen atoms in total. The van der Waals surface area contributed by atoms with E-state index in [1.165, 1.54) is 7.11 Å². The number of Topliss-reactive ketones (excluding diaryl/α,β-unsaturated/α-hetero) is 1. The van der Waals surface area contributed by atoms with Crippen molar-refractivity contribution in [1.29, 1.82) is 5.26 Å². The Bertz CT molecular complexity index is 1070. The molecule has 1 unspecified atom stereocenters. The van der Waals surface area contributed by atoms with Gasteiger partial charge in [0.2, 0.25) is 0 Å². The van der Waals surface area contributed by atoms with Crippen LogP contribution < -0.4 is 0 Å². The lowest BCUT2D eigenvalue weighted by molar-refractivity contribution is -0.171. The van der Waals surface area contributed by atoms with Crippen LogP contribution >= 0.6 is 0 Å². The number of carbonyl (C=O) groups excluding carboxylic acids is 2. The zero-order chi connectivity index (χ0) is 28.4. The van der Waals surface area contributed by atoms with E-state index >= 15 is 0 Å². The highest BCUT2D eigenvalue weighted by molar-refractivity contribution is 6.74. The summed E-state index contributed by atoms with van der Waals surface area (Å²) in [5.41, 5.74) is 0.0333. The van der Waals surface area contributed by atoms with Crippen LogP contribution in [0, 0.1) is 46.8 Å². The van der Waals surface area contributed by atoms with Gasteiger partial charge in [0.15, 0.2) is 14.4 Å². The number of esters is 1. The molecule has 1 saturated carbocycles. The Morgan fingerprint density at radius 1 is 1.21 bits per heavy atom. The lowest BCUT2D eigenvalue weighted by Gasteiger charge is -2.46. The number of nitriles is 1. The van der Waals surface area contributed by atoms with Crippen LogP contribution in [-0.4, -0.2) is 57.2 Å². The summed E-state index contributed by atoms with van der Waals surface area (Å²) < 4.78 is 25.4. The molecule has 2 aliphatic carbocycles. The van der Waals surface area contributed by atoms with E-state index in [2.05, 4.69) is 52.1 Å². The Morgan fingerprint density at radius 2 is 1.87 bits per heavy atom. The fourth-order valence-electron chi connectivity index (χ4n) is 7.01.